The average molecular weight is 291 g/mol. The van der Waals surface area contributed by atoms with E-state index in [1.165, 1.54) is 4.90 Å². The van der Waals surface area contributed by atoms with E-state index in [1.807, 2.05) is 0 Å². The van der Waals surface area contributed by atoms with Crippen LogP contribution >= 0.6 is 0 Å². The largest absolute Gasteiger partial charge is 0.368 e. The van der Waals surface area contributed by atoms with Crippen LogP contribution in [-0.2, 0) is 11.3 Å². The Hall–Kier alpha value is -2.45. The van der Waals surface area contributed by atoms with E-state index in [1.54, 1.807) is 23.9 Å². The molecule has 1 aromatic heterocycles. The van der Waals surface area contributed by atoms with Crippen LogP contribution in [0.25, 0.3) is 0 Å². The number of imide groups is 1. The first kappa shape index (κ1) is 13.5. The van der Waals surface area contributed by atoms with Crippen molar-refractivity contribution >= 4 is 23.8 Å². The van der Waals surface area contributed by atoms with E-state index in [0.717, 1.165) is 12.8 Å². The SMILES string of the molecule is CN(C)c1nc(N)nc(CN2C(=O)[C@H]3CCCN3C2=O)n1. The summed E-state index contributed by atoms with van der Waals surface area (Å²) in [7, 11) is 3.56. The predicted molar refractivity (Wildman–Crippen MR) is 74.2 cm³/mol. The zero-order valence-electron chi connectivity index (χ0n) is 12.0. The number of hydrogen-bond acceptors (Lipinski definition) is 7. The molecule has 3 rings (SSSR count). The quantitative estimate of drug-likeness (QED) is 0.744. The Kier molecular flexibility index (Phi) is 3.11. The average Bonchev–Trinajstić information content (AvgIpc) is 2.98. The van der Waals surface area contributed by atoms with Crippen molar-refractivity contribution in [3.63, 3.8) is 0 Å². The molecule has 1 atom stereocenters. The van der Waals surface area contributed by atoms with Crippen LogP contribution in [-0.4, -0.2) is 63.4 Å². The fraction of sp³-hybridized carbons (Fsp3) is 0.583. The smallest absolute Gasteiger partial charge is 0.327 e. The molecule has 2 N–H and O–H groups in total. The Morgan fingerprint density at radius 2 is 2.05 bits per heavy atom. The number of aromatic nitrogens is 3. The standard InChI is InChI=1S/C12H17N7O2/c1-17(2)11-15-8(14-10(13)16-11)6-19-9(20)7-4-3-5-18(7)12(19)21/h7H,3-6H2,1-2H3,(H2,13,14,15,16)/t7-/m1/s1. The van der Waals surface area contributed by atoms with Gasteiger partial charge in [0.2, 0.25) is 11.9 Å². The molecule has 2 aliphatic heterocycles. The van der Waals surface area contributed by atoms with E-state index in [2.05, 4.69) is 15.0 Å². The maximum absolute atomic E-state index is 12.3. The Morgan fingerprint density at radius 1 is 1.29 bits per heavy atom. The number of anilines is 2. The molecular formula is C12H17N7O2. The predicted octanol–water partition coefficient (Wildman–Crippen LogP) is -0.554. The summed E-state index contributed by atoms with van der Waals surface area (Å²) in [6, 6.07) is -0.585. The van der Waals surface area contributed by atoms with Crippen molar-refractivity contribution < 1.29 is 9.59 Å². The molecule has 2 saturated heterocycles. The number of urea groups is 1. The third kappa shape index (κ3) is 2.24. The molecule has 3 amide bonds. The van der Waals surface area contributed by atoms with Crippen LogP contribution < -0.4 is 10.6 Å². The number of carbonyl (C=O) groups excluding carboxylic acids is 2. The molecule has 0 saturated carbocycles. The highest BCUT2D eigenvalue weighted by Crippen LogP contribution is 2.28. The van der Waals surface area contributed by atoms with Crippen LogP contribution in [0.4, 0.5) is 16.7 Å². The second kappa shape index (κ2) is 4.83. The number of nitrogens with zero attached hydrogens (tertiary/aromatic N) is 6. The highest BCUT2D eigenvalue weighted by Gasteiger charge is 2.47. The lowest BCUT2D eigenvalue weighted by molar-refractivity contribution is -0.128. The maximum atomic E-state index is 12.3. The number of fused-ring (bicyclic) bond motifs is 1. The Bertz CT molecular complexity index is 581. The van der Waals surface area contributed by atoms with Crippen LogP contribution in [0, 0.1) is 0 Å². The van der Waals surface area contributed by atoms with Crippen LogP contribution in [0.15, 0.2) is 0 Å². The summed E-state index contributed by atoms with van der Waals surface area (Å²) in [6.07, 6.45) is 1.60. The Morgan fingerprint density at radius 3 is 2.71 bits per heavy atom. The third-order valence-corrected chi connectivity index (χ3v) is 3.67. The molecule has 0 spiro atoms. The number of nitrogen functional groups attached to an aromatic ring is 1. The third-order valence-electron chi connectivity index (χ3n) is 3.67. The molecule has 0 aliphatic carbocycles. The van der Waals surface area contributed by atoms with Crippen molar-refractivity contribution in [1.29, 1.82) is 0 Å². The first-order valence-corrected chi connectivity index (χ1v) is 6.77. The van der Waals surface area contributed by atoms with Crippen LogP contribution in [0.2, 0.25) is 0 Å². The minimum atomic E-state index is -0.315. The van der Waals surface area contributed by atoms with Crippen LogP contribution in [0.5, 0.6) is 0 Å². The van der Waals surface area contributed by atoms with Crippen LogP contribution in [0.1, 0.15) is 18.7 Å². The number of nitrogens with two attached hydrogens (primary N) is 1. The molecule has 0 unspecified atom stereocenters. The van der Waals surface area contributed by atoms with Gasteiger partial charge in [-0.1, -0.05) is 0 Å². The van der Waals surface area contributed by atoms with Crippen molar-refractivity contribution in [2.45, 2.75) is 25.4 Å². The summed E-state index contributed by atoms with van der Waals surface area (Å²) in [5.74, 6) is 0.609. The molecule has 9 nitrogen and oxygen atoms in total. The second-order valence-electron chi connectivity index (χ2n) is 5.36. The second-order valence-corrected chi connectivity index (χ2v) is 5.36. The molecule has 1 aromatic rings. The number of hydrogen-bond donors (Lipinski definition) is 1. The van der Waals surface area contributed by atoms with Crippen molar-refractivity contribution in [1.82, 2.24) is 24.8 Å². The number of amides is 3. The van der Waals surface area contributed by atoms with E-state index in [-0.39, 0.29) is 30.5 Å². The van der Waals surface area contributed by atoms with Crippen LogP contribution in [0.3, 0.4) is 0 Å². The minimum Gasteiger partial charge on any atom is -0.368 e. The first-order chi connectivity index (χ1) is 9.97. The fourth-order valence-electron chi connectivity index (χ4n) is 2.66. The highest BCUT2D eigenvalue weighted by molar-refractivity contribution is 6.04. The minimum absolute atomic E-state index is 0.0260. The van der Waals surface area contributed by atoms with Crippen molar-refractivity contribution in [2.75, 3.05) is 31.3 Å². The summed E-state index contributed by atoms with van der Waals surface area (Å²) in [4.78, 5) is 41.2. The highest BCUT2D eigenvalue weighted by atomic mass is 16.2. The summed E-state index contributed by atoms with van der Waals surface area (Å²) in [6.45, 7) is 0.659. The van der Waals surface area contributed by atoms with Crippen molar-refractivity contribution in [3.05, 3.63) is 5.82 Å². The normalized spacial score (nSPS) is 21.1. The van der Waals surface area contributed by atoms with Gasteiger partial charge in [0.1, 0.15) is 6.04 Å². The topological polar surface area (TPSA) is 109 Å². The fourth-order valence-corrected chi connectivity index (χ4v) is 2.66. The van der Waals surface area contributed by atoms with E-state index in [9.17, 15) is 9.59 Å². The van der Waals surface area contributed by atoms with E-state index >= 15 is 0 Å². The van der Waals surface area contributed by atoms with E-state index in [0.29, 0.717) is 18.3 Å². The molecule has 3 heterocycles. The summed E-state index contributed by atoms with van der Waals surface area (Å²) in [5.41, 5.74) is 5.65. The van der Waals surface area contributed by atoms with Gasteiger partial charge in [-0.15, -0.1) is 0 Å². The van der Waals surface area contributed by atoms with Gasteiger partial charge in [0.05, 0.1) is 6.54 Å². The van der Waals surface area contributed by atoms with Gasteiger partial charge in [0, 0.05) is 20.6 Å². The zero-order chi connectivity index (χ0) is 15.1. The summed E-state index contributed by atoms with van der Waals surface area (Å²) >= 11 is 0. The van der Waals surface area contributed by atoms with Gasteiger partial charge in [0.15, 0.2) is 5.82 Å². The Labute approximate surface area is 121 Å². The molecule has 9 heteroatoms. The number of carbonyl (C=O) groups is 2. The maximum Gasteiger partial charge on any atom is 0.327 e. The molecule has 112 valence electrons. The molecule has 0 bridgehead atoms. The molecule has 2 fully saturated rings. The summed E-state index contributed by atoms with van der Waals surface area (Å²) < 4.78 is 0. The van der Waals surface area contributed by atoms with Crippen molar-refractivity contribution in [3.8, 4) is 0 Å². The van der Waals surface area contributed by atoms with Gasteiger partial charge >= 0.3 is 6.03 Å². The lowest BCUT2D eigenvalue weighted by Gasteiger charge is -2.16. The molecule has 0 radical (unpaired) electrons. The van der Waals surface area contributed by atoms with Gasteiger partial charge < -0.3 is 15.5 Å². The zero-order valence-corrected chi connectivity index (χ0v) is 12.0. The van der Waals surface area contributed by atoms with Gasteiger partial charge in [-0.3, -0.25) is 9.69 Å². The van der Waals surface area contributed by atoms with Gasteiger partial charge in [-0.05, 0) is 12.8 Å². The van der Waals surface area contributed by atoms with E-state index in [4.69, 9.17) is 5.73 Å². The van der Waals surface area contributed by atoms with Crippen molar-refractivity contribution in [2.24, 2.45) is 0 Å². The van der Waals surface area contributed by atoms with E-state index < -0.39 is 0 Å². The molecule has 0 aromatic carbocycles. The monoisotopic (exact) mass is 291 g/mol. The number of rotatable bonds is 3. The Balaban J connectivity index is 1.84. The lowest BCUT2D eigenvalue weighted by Crippen LogP contribution is -2.33. The molecule has 2 aliphatic rings. The van der Waals surface area contributed by atoms with Gasteiger partial charge in [-0.25, -0.2) is 4.79 Å². The van der Waals surface area contributed by atoms with Gasteiger partial charge in [-0.2, -0.15) is 15.0 Å². The lowest BCUT2D eigenvalue weighted by atomic mass is 10.2. The molecule has 21 heavy (non-hydrogen) atoms. The van der Waals surface area contributed by atoms with Gasteiger partial charge in [0.25, 0.3) is 5.91 Å². The summed E-state index contributed by atoms with van der Waals surface area (Å²) in [5, 5.41) is 0. The first-order valence-electron chi connectivity index (χ1n) is 6.77. The molecular weight excluding hydrogens is 274 g/mol.